The number of carbonyl (C=O) groups is 1. The first-order valence-corrected chi connectivity index (χ1v) is 5.74. The van der Waals surface area contributed by atoms with Crippen molar-refractivity contribution >= 4 is 28.0 Å². The van der Waals surface area contributed by atoms with Gasteiger partial charge in [0.1, 0.15) is 15.6 Å². The van der Waals surface area contributed by atoms with Crippen molar-refractivity contribution in [1.29, 1.82) is 0 Å². The molecule has 0 unspecified atom stereocenters. The Labute approximate surface area is 104 Å². The SMILES string of the molecule is COCCNc1sc(C(=O)OC)c(N)c1OC. The number of rotatable bonds is 6. The van der Waals surface area contributed by atoms with Crippen LogP contribution in [0.5, 0.6) is 5.75 Å². The van der Waals surface area contributed by atoms with Gasteiger partial charge in [-0.2, -0.15) is 0 Å². The summed E-state index contributed by atoms with van der Waals surface area (Å²) in [5, 5.41) is 3.78. The molecule has 96 valence electrons. The first-order chi connectivity index (χ1) is 8.15. The van der Waals surface area contributed by atoms with E-state index >= 15 is 0 Å². The van der Waals surface area contributed by atoms with Crippen molar-refractivity contribution in [3.63, 3.8) is 0 Å². The van der Waals surface area contributed by atoms with Crippen molar-refractivity contribution in [2.45, 2.75) is 0 Å². The van der Waals surface area contributed by atoms with Gasteiger partial charge in [-0.1, -0.05) is 0 Å². The van der Waals surface area contributed by atoms with Crippen LogP contribution in [0.3, 0.4) is 0 Å². The Hall–Kier alpha value is -1.47. The standard InChI is InChI=1S/C10H16N2O4S/c1-14-5-4-12-9-7(15-2)6(11)8(17-9)10(13)16-3/h12H,4-5,11H2,1-3H3. The predicted octanol–water partition coefficient (Wildman–Crippen LogP) is 1.18. The normalized spacial score (nSPS) is 10.1. The van der Waals surface area contributed by atoms with Crippen LogP contribution in [0.25, 0.3) is 0 Å². The molecule has 1 aromatic heterocycles. The van der Waals surface area contributed by atoms with Crippen molar-refractivity contribution < 1.29 is 19.0 Å². The predicted molar refractivity (Wildman–Crippen MR) is 67.0 cm³/mol. The molecule has 0 saturated carbocycles. The summed E-state index contributed by atoms with van der Waals surface area (Å²) in [5.74, 6) is -0.00269. The van der Waals surface area contributed by atoms with E-state index in [1.54, 1.807) is 7.11 Å². The van der Waals surface area contributed by atoms with E-state index in [1.807, 2.05) is 0 Å². The number of esters is 1. The molecular formula is C10H16N2O4S. The van der Waals surface area contributed by atoms with Gasteiger partial charge >= 0.3 is 5.97 Å². The summed E-state index contributed by atoms with van der Waals surface area (Å²) in [6.45, 7) is 1.15. The minimum Gasteiger partial charge on any atom is -0.492 e. The quantitative estimate of drug-likeness (QED) is 0.590. The first-order valence-electron chi connectivity index (χ1n) is 4.93. The fourth-order valence-corrected chi connectivity index (χ4v) is 2.29. The number of hydrogen-bond acceptors (Lipinski definition) is 7. The lowest BCUT2D eigenvalue weighted by Crippen LogP contribution is -2.07. The third-order valence-corrected chi connectivity index (χ3v) is 3.19. The molecule has 0 radical (unpaired) electrons. The van der Waals surface area contributed by atoms with Gasteiger partial charge in [0.25, 0.3) is 0 Å². The van der Waals surface area contributed by atoms with Gasteiger partial charge in [-0.15, -0.1) is 11.3 Å². The van der Waals surface area contributed by atoms with E-state index in [0.29, 0.717) is 34.5 Å². The fourth-order valence-electron chi connectivity index (χ4n) is 1.26. The van der Waals surface area contributed by atoms with Crippen LogP contribution in [0.1, 0.15) is 9.67 Å². The molecule has 1 aromatic rings. The van der Waals surface area contributed by atoms with E-state index in [0.717, 1.165) is 0 Å². The second-order valence-corrected chi connectivity index (χ2v) is 4.14. The maximum Gasteiger partial charge on any atom is 0.350 e. The summed E-state index contributed by atoms with van der Waals surface area (Å²) in [5.41, 5.74) is 6.10. The number of hydrogen-bond donors (Lipinski definition) is 2. The number of carbonyl (C=O) groups excluding carboxylic acids is 1. The van der Waals surface area contributed by atoms with Crippen molar-refractivity contribution in [3.8, 4) is 5.75 Å². The second kappa shape index (κ2) is 6.31. The highest BCUT2D eigenvalue weighted by atomic mass is 32.1. The van der Waals surface area contributed by atoms with Gasteiger partial charge in [0.15, 0.2) is 5.75 Å². The van der Waals surface area contributed by atoms with Crippen LogP contribution in [0.2, 0.25) is 0 Å². The van der Waals surface area contributed by atoms with Crippen molar-refractivity contribution in [3.05, 3.63) is 4.88 Å². The zero-order valence-corrected chi connectivity index (χ0v) is 10.8. The molecule has 0 amide bonds. The molecule has 0 atom stereocenters. The monoisotopic (exact) mass is 260 g/mol. The van der Waals surface area contributed by atoms with Crippen molar-refractivity contribution in [2.75, 3.05) is 45.5 Å². The Morgan fingerprint density at radius 2 is 2.12 bits per heavy atom. The average Bonchev–Trinajstić information content (AvgIpc) is 2.65. The number of nitrogen functional groups attached to an aromatic ring is 1. The van der Waals surface area contributed by atoms with Gasteiger partial charge in [0.05, 0.1) is 20.8 Å². The topological polar surface area (TPSA) is 82.8 Å². The smallest absolute Gasteiger partial charge is 0.350 e. The lowest BCUT2D eigenvalue weighted by molar-refractivity contribution is 0.0607. The zero-order chi connectivity index (χ0) is 12.8. The van der Waals surface area contributed by atoms with E-state index in [9.17, 15) is 4.79 Å². The van der Waals surface area contributed by atoms with E-state index in [1.165, 1.54) is 25.6 Å². The van der Waals surface area contributed by atoms with Gasteiger partial charge in [0.2, 0.25) is 0 Å². The largest absolute Gasteiger partial charge is 0.492 e. The molecule has 0 fully saturated rings. The Balaban J connectivity index is 2.92. The van der Waals surface area contributed by atoms with Gasteiger partial charge in [-0.3, -0.25) is 0 Å². The highest BCUT2D eigenvalue weighted by Crippen LogP contribution is 2.42. The van der Waals surface area contributed by atoms with Crippen LogP contribution in [0, 0.1) is 0 Å². The number of ether oxygens (including phenoxy) is 3. The maximum absolute atomic E-state index is 11.4. The molecule has 1 rings (SSSR count). The zero-order valence-electron chi connectivity index (χ0n) is 10.0. The number of nitrogens with one attached hydrogen (secondary N) is 1. The third-order valence-electron chi connectivity index (χ3n) is 2.07. The Bertz CT molecular complexity index is 392. The first kappa shape index (κ1) is 13.6. The summed E-state index contributed by atoms with van der Waals surface area (Å²) in [7, 11) is 4.43. The van der Waals surface area contributed by atoms with Crippen LogP contribution in [0.15, 0.2) is 0 Å². The Morgan fingerprint density at radius 3 is 2.65 bits per heavy atom. The van der Waals surface area contributed by atoms with Crippen LogP contribution in [0.4, 0.5) is 10.7 Å². The molecule has 0 aliphatic heterocycles. The molecule has 6 nitrogen and oxygen atoms in total. The van der Waals surface area contributed by atoms with E-state index < -0.39 is 5.97 Å². The highest BCUT2D eigenvalue weighted by Gasteiger charge is 2.22. The summed E-state index contributed by atoms with van der Waals surface area (Å²) in [4.78, 5) is 11.8. The number of nitrogens with two attached hydrogens (primary N) is 1. The molecule has 0 aromatic carbocycles. The molecule has 0 spiro atoms. The van der Waals surface area contributed by atoms with Crippen LogP contribution < -0.4 is 15.8 Å². The number of thiophene rings is 1. The van der Waals surface area contributed by atoms with Gasteiger partial charge < -0.3 is 25.3 Å². The Morgan fingerprint density at radius 1 is 1.41 bits per heavy atom. The maximum atomic E-state index is 11.4. The van der Waals surface area contributed by atoms with Crippen molar-refractivity contribution in [2.24, 2.45) is 0 Å². The summed E-state index contributed by atoms with van der Waals surface area (Å²) >= 11 is 1.20. The van der Waals surface area contributed by atoms with E-state index in [4.69, 9.17) is 15.2 Å². The minimum absolute atomic E-state index is 0.296. The van der Waals surface area contributed by atoms with Crippen LogP contribution in [-0.2, 0) is 9.47 Å². The van der Waals surface area contributed by atoms with E-state index in [-0.39, 0.29) is 0 Å². The molecular weight excluding hydrogens is 244 g/mol. The average molecular weight is 260 g/mol. The second-order valence-electron chi connectivity index (χ2n) is 3.12. The lowest BCUT2D eigenvalue weighted by Gasteiger charge is -2.05. The number of methoxy groups -OCH3 is 3. The molecule has 0 aliphatic rings. The third kappa shape index (κ3) is 3.01. The molecule has 7 heteroatoms. The van der Waals surface area contributed by atoms with Crippen LogP contribution in [-0.4, -0.2) is 40.5 Å². The molecule has 3 N–H and O–H groups in total. The molecule has 17 heavy (non-hydrogen) atoms. The molecule has 0 bridgehead atoms. The molecule has 1 heterocycles. The van der Waals surface area contributed by atoms with Gasteiger partial charge in [-0.05, 0) is 0 Å². The number of anilines is 2. The highest BCUT2D eigenvalue weighted by molar-refractivity contribution is 7.19. The summed E-state index contributed by atoms with van der Waals surface area (Å²) < 4.78 is 14.7. The van der Waals surface area contributed by atoms with Gasteiger partial charge in [0, 0.05) is 13.7 Å². The van der Waals surface area contributed by atoms with E-state index in [2.05, 4.69) is 10.1 Å². The molecule has 0 aliphatic carbocycles. The summed E-state index contributed by atoms with van der Waals surface area (Å²) in [6.07, 6.45) is 0. The summed E-state index contributed by atoms with van der Waals surface area (Å²) in [6, 6.07) is 0. The van der Waals surface area contributed by atoms with Crippen LogP contribution >= 0.6 is 11.3 Å². The fraction of sp³-hybridized carbons (Fsp3) is 0.500. The van der Waals surface area contributed by atoms with Gasteiger partial charge in [-0.25, -0.2) is 4.79 Å². The van der Waals surface area contributed by atoms with Crippen molar-refractivity contribution in [1.82, 2.24) is 0 Å². The molecule has 0 saturated heterocycles. The Kier molecular flexibility index (Phi) is 5.05. The minimum atomic E-state index is -0.467. The lowest BCUT2D eigenvalue weighted by atomic mass is 10.3.